The van der Waals surface area contributed by atoms with E-state index in [1.54, 1.807) is 12.1 Å². The summed E-state index contributed by atoms with van der Waals surface area (Å²) in [6, 6.07) is 6.79. The van der Waals surface area contributed by atoms with Gasteiger partial charge in [0.25, 0.3) is 6.43 Å². The Morgan fingerprint density at radius 1 is 1.19 bits per heavy atom. The number of rotatable bonds is 6. The van der Waals surface area contributed by atoms with Gasteiger partial charge in [-0.3, -0.25) is 9.89 Å². The van der Waals surface area contributed by atoms with E-state index < -0.39 is 34.0 Å². The number of nitrogens with one attached hydrogen (secondary N) is 2. The number of H-pyrrole nitrogens is 1. The number of halogens is 2. The molecule has 4 heterocycles. The fraction of sp³-hybridized carbons (Fsp3) is 0.391. The van der Waals surface area contributed by atoms with E-state index in [2.05, 4.69) is 20.4 Å². The summed E-state index contributed by atoms with van der Waals surface area (Å²) < 4.78 is 65.7. The van der Waals surface area contributed by atoms with Gasteiger partial charge in [-0.05, 0) is 30.7 Å². The largest absolute Gasteiger partial charge is 0.489 e. The number of aromatic amines is 1. The van der Waals surface area contributed by atoms with Gasteiger partial charge in [0.15, 0.2) is 0 Å². The minimum Gasteiger partial charge on any atom is -0.489 e. The SMILES string of the molecule is O=C(Nc1ccc2c(c1)OCCN2C1COC1)[C@@H]1CCN1S(=O)(=O)c1cc(C(F)F)cc2cn[nH]c12. The Bertz CT molecular complexity index is 1440. The predicted molar refractivity (Wildman–Crippen MR) is 126 cm³/mol. The Morgan fingerprint density at radius 3 is 2.72 bits per heavy atom. The van der Waals surface area contributed by atoms with Crippen molar-refractivity contribution >= 4 is 38.2 Å². The van der Waals surface area contributed by atoms with Crippen LogP contribution in [0.5, 0.6) is 5.75 Å². The van der Waals surface area contributed by atoms with Crippen molar-refractivity contribution in [2.24, 2.45) is 0 Å². The first-order valence-corrected chi connectivity index (χ1v) is 13.0. The summed E-state index contributed by atoms with van der Waals surface area (Å²) in [4.78, 5) is 14.9. The lowest BCUT2D eigenvalue weighted by atomic mass is 10.1. The summed E-state index contributed by atoms with van der Waals surface area (Å²) >= 11 is 0. The van der Waals surface area contributed by atoms with Crippen molar-refractivity contribution in [2.75, 3.05) is 43.1 Å². The first kappa shape index (κ1) is 23.1. The number of ether oxygens (including phenoxy) is 2. The lowest BCUT2D eigenvalue weighted by molar-refractivity contribution is -0.122. The van der Waals surface area contributed by atoms with Crippen molar-refractivity contribution in [3.05, 3.63) is 42.1 Å². The lowest BCUT2D eigenvalue weighted by Crippen LogP contribution is -2.56. The van der Waals surface area contributed by atoms with E-state index in [0.29, 0.717) is 43.7 Å². The van der Waals surface area contributed by atoms with Crippen LogP contribution in [0.4, 0.5) is 20.2 Å². The Morgan fingerprint density at radius 2 is 2.03 bits per heavy atom. The molecule has 1 amide bonds. The van der Waals surface area contributed by atoms with Gasteiger partial charge < -0.3 is 19.7 Å². The molecule has 2 fully saturated rings. The van der Waals surface area contributed by atoms with E-state index in [0.717, 1.165) is 22.6 Å². The molecule has 3 aromatic rings. The van der Waals surface area contributed by atoms with Crippen molar-refractivity contribution in [1.82, 2.24) is 14.5 Å². The molecule has 6 rings (SSSR count). The molecule has 2 N–H and O–H groups in total. The maximum Gasteiger partial charge on any atom is 0.263 e. The molecule has 1 atom stereocenters. The molecule has 0 saturated carbocycles. The molecule has 3 aliphatic rings. The molecule has 10 nitrogen and oxygen atoms in total. The number of fused-ring (bicyclic) bond motifs is 2. The molecule has 2 aromatic carbocycles. The molecular formula is C23H23F2N5O5S. The van der Waals surface area contributed by atoms with Crippen LogP contribution in [0.25, 0.3) is 10.9 Å². The number of nitrogens with zero attached hydrogens (tertiary/aromatic N) is 3. The fourth-order valence-electron chi connectivity index (χ4n) is 4.74. The van der Waals surface area contributed by atoms with Crippen LogP contribution in [0, 0.1) is 0 Å². The number of benzene rings is 2. The van der Waals surface area contributed by atoms with Crippen molar-refractivity contribution in [3.63, 3.8) is 0 Å². The quantitative estimate of drug-likeness (QED) is 0.514. The third kappa shape index (κ3) is 3.78. The number of alkyl halides is 2. The molecule has 0 spiro atoms. The summed E-state index contributed by atoms with van der Waals surface area (Å²) in [5.41, 5.74) is 1.09. The maximum absolute atomic E-state index is 13.4. The standard InChI is InChI=1S/C23H23F2N5O5S/c24-22(25)13-7-14-10-26-28-21(14)20(8-13)36(32,33)30-4-3-18(30)23(31)27-15-1-2-17-19(9-15)35-6-5-29(17)16-11-34-12-16/h1-2,7-10,16,18,22H,3-6,11-12H2,(H,26,28)(H,27,31)/t18-/m0/s1. The smallest absolute Gasteiger partial charge is 0.263 e. The van der Waals surface area contributed by atoms with Gasteiger partial charge in [0.2, 0.25) is 15.9 Å². The number of carbonyl (C=O) groups is 1. The van der Waals surface area contributed by atoms with Gasteiger partial charge in [-0.25, -0.2) is 17.2 Å². The van der Waals surface area contributed by atoms with E-state index >= 15 is 0 Å². The normalized spacial score (nSPS) is 20.5. The number of hydrogen-bond acceptors (Lipinski definition) is 7. The third-order valence-electron chi connectivity index (χ3n) is 6.83. The molecular weight excluding hydrogens is 496 g/mol. The molecule has 2 saturated heterocycles. The summed E-state index contributed by atoms with van der Waals surface area (Å²) in [5.74, 6) is 0.130. The summed E-state index contributed by atoms with van der Waals surface area (Å²) in [6.45, 7) is 2.68. The second-order valence-electron chi connectivity index (χ2n) is 8.98. The summed E-state index contributed by atoms with van der Waals surface area (Å²) in [7, 11) is -4.24. The Labute approximate surface area is 205 Å². The van der Waals surface area contributed by atoms with E-state index in [1.165, 1.54) is 12.3 Å². The monoisotopic (exact) mass is 519 g/mol. The van der Waals surface area contributed by atoms with E-state index in [1.807, 2.05) is 6.07 Å². The van der Waals surface area contributed by atoms with Crippen molar-refractivity contribution < 1.29 is 31.5 Å². The highest BCUT2D eigenvalue weighted by Crippen LogP contribution is 2.37. The van der Waals surface area contributed by atoms with Crippen LogP contribution in [0.1, 0.15) is 18.4 Å². The zero-order valence-electron chi connectivity index (χ0n) is 19.0. The van der Waals surface area contributed by atoms with E-state index in [-0.39, 0.29) is 22.3 Å². The number of carbonyl (C=O) groups excluding carboxylic acids is 1. The van der Waals surface area contributed by atoms with Gasteiger partial charge in [-0.15, -0.1) is 0 Å². The Balaban J connectivity index is 1.22. The van der Waals surface area contributed by atoms with Gasteiger partial charge in [-0.2, -0.15) is 9.40 Å². The summed E-state index contributed by atoms with van der Waals surface area (Å²) in [6.07, 6.45) is -1.26. The number of amides is 1. The van der Waals surface area contributed by atoms with Crippen molar-refractivity contribution in [1.29, 1.82) is 0 Å². The van der Waals surface area contributed by atoms with Crippen LogP contribution < -0.4 is 15.0 Å². The highest BCUT2D eigenvalue weighted by Gasteiger charge is 2.44. The molecule has 3 aliphatic heterocycles. The first-order chi connectivity index (χ1) is 17.3. The summed E-state index contributed by atoms with van der Waals surface area (Å²) in [5, 5.41) is 9.39. The number of hydrogen-bond donors (Lipinski definition) is 2. The third-order valence-corrected chi connectivity index (χ3v) is 8.77. The Hall–Kier alpha value is -3.29. The maximum atomic E-state index is 13.4. The lowest BCUT2D eigenvalue weighted by Gasteiger charge is -2.41. The van der Waals surface area contributed by atoms with Gasteiger partial charge in [0, 0.05) is 29.2 Å². The average molecular weight is 520 g/mol. The van der Waals surface area contributed by atoms with Gasteiger partial charge in [-0.1, -0.05) is 0 Å². The highest BCUT2D eigenvalue weighted by molar-refractivity contribution is 7.89. The minimum atomic E-state index is -4.24. The molecule has 0 aliphatic carbocycles. The van der Waals surface area contributed by atoms with E-state index in [9.17, 15) is 22.0 Å². The van der Waals surface area contributed by atoms with Crippen LogP contribution in [0.2, 0.25) is 0 Å². The minimum absolute atomic E-state index is 0.0979. The van der Waals surface area contributed by atoms with E-state index in [4.69, 9.17) is 9.47 Å². The van der Waals surface area contributed by atoms with Gasteiger partial charge in [0.05, 0.1) is 43.2 Å². The molecule has 36 heavy (non-hydrogen) atoms. The second kappa shape index (κ2) is 8.68. The van der Waals surface area contributed by atoms with Crippen LogP contribution in [-0.4, -0.2) is 73.8 Å². The fourth-order valence-corrected chi connectivity index (χ4v) is 6.58. The molecule has 0 radical (unpaired) electrons. The van der Waals surface area contributed by atoms with Crippen molar-refractivity contribution in [3.8, 4) is 5.75 Å². The molecule has 13 heteroatoms. The number of anilines is 2. The zero-order chi connectivity index (χ0) is 25.0. The second-order valence-corrected chi connectivity index (χ2v) is 10.8. The molecule has 0 unspecified atom stereocenters. The zero-order valence-corrected chi connectivity index (χ0v) is 19.8. The topological polar surface area (TPSA) is 117 Å². The van der Waals surface area contributed by atoms with Crippen LogP contribution in [0.3, 0.4) is 0 Å². The Kier molecular flexibility index (Phi) is 5.57. The van der Waals surface area contributed by atoms with Crippen LogP contribution in [-0.2, 0) is 19.6 Å². The first-order valence-electron chi connectivity index (χ1n) is 11.5. The molecule has 0 bridgehead atoms. The average Bonchev–Trinajstić information content (AvgIpc) is 3.24. The molecule has 190 valence electrons. The highest BCUT2D eigenvalue weighted by atomic mass is 32.2. The molecule has 1 aromatic heterocycles. The number of aromatic nitrogens is 2. The van der Waals surface area contributed by atoms with Gasteiger partial charge in [0.1, 0.15) is 23.3 Å². The van der Waals surface area contributed by atoms with Crippen LogP contribution >= 0.6 is 0 Å². The predicted octanol–water partition coefficient (Wildman–Crippen LogP) is 2.50. The van der Waals surface area contributed by atoms with Crippen molar-refractivity contribution in [2.45, 2.75) is 29.8 Å². The van der Waals surface area contributed by atoms with Gasteiger partial charge >= 0.3 is 0 Å². The van der Waals surface area contributed by atoms with Crippen LogP contribution in [0.15, 0.2) is 41.4 Å². The number of sulfonamides is 1.